The van der Waals surface area contributed by atoms with Crippen LogP contribution in [0.4, 0.5) is 16.2 Å². The lowest BCUT2D eigenvalue weighted by atomic mass is 9.80. The molecule has 1 spiro atoms. The highest BCUT2D eigenvalue weighted by Gasteiger charge is 2.46. The van der Waals surface area contributed by atoms with Crippen molar-refractivity contribution in [2.75, 3.05) is 43.1 Å². The summed E-state index contributed by atoms with van der Waals surface area (Å²) in [5, 5.41) is 3.05. The maximum absolute atomic E-state index is 13.1. The molecule has 1 aromatic heterocycles. The number of benzene rings is 2. The third kappa shape index (κ3) is 3.22. The van der Waals surface area contributed by atoms with Crippen molar-refractivity contribution < 1.29 is 14.3 Å². The van der Waals surface area contributed by atoms with E-state index in [1.807, 2.05) is 23.1 Å². The topological polar surface area (TPSA) is 59.0 Å². The number of piperidine rings is 1. The third-order valence-electron chi connectivity index (χ3n) is 7.41. The van der Waals surface area contributed by atoms with E-state index >= 15 is 0 Å². The quantitative estimate of drug-likeness (QED) is 0.592. The van der Waals surface area contributed by atoms with Gasteiger partial charge >= 0.3 is 6.03 Å². The van der Waals surface area contributed by atoms with Crippen molar-refractivity contribution in [1.29, 1.82) is 0 Å². The van der Waals surface area contributed by atoms with Gasteiger partial charge in [0, 0.05) is 43.3 Å². The van der Waals surface area contributed by atoms with Gasteiger partial charge in [0.15, 0.2) is 11.5 Å². The Bertz CT molecular complexity index is 1240. The van der Waals surface area contributed by atoms with Crippen LogP contribution in [-0.4, -0.2) is 48.3 Å². The van der Waals surface area contributed by atoms with Crippen molar-refractivity contribution in [3.8, 4) is 17.2 Å². The lowest BCUT2D eigenvalue weighted by Crippen LogP contribution is -2.57. The van der Waals surface area contributed by atoms with Crippen LogP contribution < -0.4 is 19.7 Å². The Kier molecular flexibility index (Phi) is 4.94. The molecule has 1 fully saturated rings. The number of nitrogens with one attached hydrogen (secondary N) is 1. The van der Waals surface area contributed by atoms with E-state index < -0.39 is 0 Å². The lowest BCUT2D eigenvalue weighted by molar-refractivity contribution is 0.160. The van der Waals surface area contributed by atoms with Crippen LogP contribution in [0.1, 0.15) is 31.0 Å². The van der Waals surface area contributed by atoms with Crippen LogP contribution in [0.25, 0.3) is 5.69 Å². The molecule has 2 amide bonds. The fourth-order valence-electron chi connectivity index (χ4n) is 5.79. The molecule has 0 bridgehead atoms. The van der Waals surface area contributed by atoms with E-state index in [9.17, 15) is 4.79 Å². The van der Waals surface area contributed by atoms with Crippen molar-refractivity contribution >= 4 is 17.4 Å². The van der Waals surface area contributed by atoms with Gasteiger partial charge in [-0.3, -0.25) is 0 Å². The highest BCUT2D eigenvalue weighted by atomic mass is 16.6. The first-order valence-electron chi connectivity index (χ1n) is 12.1. The molecule has 2 aromatic carbocycles. The summed E-state index contributed by atoms with van der Waals surface area (Å²) < 4.78 is 13.6. The van der Waals surface area contributed by atoms with Crippen LogP contribution in [0.3, 0.4) is 0 Å². The molecule has 0 radical (unpaired) electrons. The van der Waals surface area contributed by atoms with Gasteiger partial charge in [-0.2, -0.15) is 0 Å². The van der Waals surface area contributed by atoms with E-state index in [2.05, 4.69) is 65.2 Å². The summed E-state index contributed by atoms with van der Waals surface area (Å²) in [7, 11) is 0. The number of ether oxygens (including phenoxy) is 2. The van der Waals surface area contributed by atoms with E-state index in [0.717, 1.165) is 30.8 Å². The molecule has 34 heavy (non-hydrogen) atoms. The molecule has 7 heteroatoms. The summed E-state index contributed by atoms with van der Waals surface area (Å²) in [6.07, 6.45) is 3.93. The van der Waals surface area contributed by atoms with Crippen molar-refractivity contribution in [2.24, 2.45) is 0 Å². The number of amides is 2. The van der Waals surface area contributed by atoms with Crippen LogP contribution >= 0.6 is 0 Å². The monoisotopic (exact) mass is 458 g/mol. The Morgan fingerprint density at radius 1 is 1.00 bits per heavy atom. The highest BCUT2D eigenvalue weighted by Crippen LogP contribution is 2.48. The molecular weight excluding hydrogens is 428 g/mol. The number of nitrogens with zero attached hydrogens (tertiary/aromatic N) is 3. The summed E-state index contributed by atoms with van der Waals surface area (Å²) in [6, 6.07) is 16.6. The minimum atomic E-state index is -0.118. The fraction of sp³-hybridized carbons (Fsp3) is 0.370. The number of urea groups is 1. The molecule has 0 atom stereocenters. The number of hydrogen-bond donors (Lipinski definition) is 1. The predicted molar refractivity (Wildman–Crippen MR) is 132 cm³/mol. The highest BCUT2D eigenvalue weighted by molar-refractivity contribution is 5.90. The van der Waals surface area contributed by atoms with E-state index in [0.29, 0.717) is 32.1 Å². The first kappa shape index (κ1) is 21.0. The first-order valence-corrected chi connectivity index (χ1v) is 12.1. The molecule has 6 rings (SSSR count). The van der Waals surface area contributed by atoms with Crippen molar-refractivity contribution in [2.45, 2.75) is 32.2 Å². The van der Waals surface area contributed by atoms with Gasteiger partial charge in [-0.25, -0.2) is 4.79 Å². The fourth-order valence-corrected chi connectivity index (χ4v) is 5.79. The zero-order valence-corrected chi connectivity index (χ0v) is 19.7. The zero-order valence-electron chi connectivity index (χ0n) is 19.7. The molecule has 7 nitrogen and oxygen atoms in total. The molecule has 1 saturated heterocycles. The summed E-state index contributed by atoms with van der Waals surface area (Å²) in [4.78, 5) is 17.6. The number of anilines is 2. The number of fused-ring (bicyclic) bond motifs is 5. The third-order valence-corrected chi connectivity index (χ3v) is 7.41. The minimum absolute atomic E-state index is 0.0722. The Labute approximate surface area is 199 Å². The summed E-state index contributed by atoms with van der Waals surface area (Å²) in [5.41, 5.74) is 5.70. The molecule has 176 valence electrons. The van der Waals surface area contributed by atoms with Gasteiger partial charge in [-0.15, -0.1) is 0 Å². The maximum atomic E-state index is 13.1. The van der Waals surface area contributed by atoms with Gasteiger partial charge in [0.1, 0.15) is 13.2 Å². The number of likely N-dealkylation sites (tertiary alicyclic amines) is 1. The molecule has 3 aliphatic rings. The summed E-state index contributed by atoms with van der Waals surface area (Å²) in [5.74, 6) is 1.40. The molecule has 0 aliphatic carbocycles. The molecule has 4 heterocycles. The van der Waals surface area contributed by atoms with E-state index in [1.165, 1.54) is 22.6 Å². The Hall–Kier alpha value is -3.61. The smallest absolute Gasteiger partial charge is 0.321 e. The molecule has 3 aromatic rings. The van der Waals surface area contributed by atoms with Crippen LogP contribution in [0.5, 0.6) is 11.5 Å². The second-order valence-corrected chi connectivity index (χ2v) is 9.31. The Balaban J connectivity index is 1.23. The Morgan fingerprint density at radius 2 is 1.79 bits per heavy atom. The molecule has 0 unspecified atom stereocenters. The van der Waals surface area contributed by atoms with Crippen LogP contribution in [-0.2, 0) is 5.54 Å². The molecule has 1 N–H and O–H groups in total. The number of aryl methyl sites for hydroxylation is 1. The second-order valence-electron chi connectivity index (χ2n) is 9.31. The van der Waals surface area contributed by atoms with Crippen LogP contribution in [0.2, 0.25) is 0 Å². The number of carbonyl (C=O) groups is 1. The SMILES string of the molecule is CCN1c2cc(C)ccc2-n2cccc2C12CCN(C(=O)Nc1ccc3c(c1)OCCO3)CC2. The number of rotatable bonds is 2. The molecule has 0 saturated carbocycles. The van der Waals surface area contributed by atoms with Crippen LogP contribution in [0, 0.1) is 6.92 Å². The number of carbonyl (C=O) groups excluding carboxylic acids is 1. The van der Waals surface area contributed by atoms with Gasteiger partial charge in [0.2, 0.25) is 0 Å². The van der Waals surface area contributed by atoms with Gasteiger partial charge in [0.05, 0.1) is 16.9 Å². The first-order chi connectivity index (χ1) is 16.6. The number of hydrogen-bond acceptors (Lipinski definition) is 4. The van der Waals surface area contributed by atoms with Crippen molar-refractivity contribution in [1.82, 2.24) is 9.47 Å². The van der Waals surface area contributed by atoms with E-state index in [4.69, 9.17) is 9.47 Å². The van der Waals surface area contributed by atoms with E-state index in [1.54, 1.807) is 0 Å². The summed E-state index contributed by atoms with van der Waals surface area (Å²) in [6.45, 7) is 7.76. The number of aromatic nitrogens is 1. The second kappa shape index (κ2) is 8.01. The average molecular weight is 459 g/mol. The van der Waals surface area contributed by atoms with Crippen molar-refractivity contribution in [3.05, 3.63) is 66.0 Å². The van der Waals surface area contributed by atoms with Crippen molar-refractivity contribution in [3.63, 3.8) is 0 Å². The molecule has 3 aliphatic heterocycles. The lowest BCUT2D eigenvalue weighted by Gasteiger charge is -2.53. The molecular formula is C27H30N4O3. The predicted octanol–water partition coefficient (Wildman–Crippen LogP) is 4.92. The largest absolute Gasteiger partial charge is 0.486 e. The normalized spacial score (nSPS) is 17.8. The maximum Gasteiger partial charge on any atom is 0.321 e. The standard InChI is InChI=1S/C27H30N4O3/c1-3-31-22-17-19(2)6-8-21(22)30-12-4-5-25(30)27(31)10-13-29(14-11-27)26(32)28-20-7-9-23-24(18-20)34-16-15-33-23/h4-9,12,17-18H,3,10-11,13-16H2,1-2H3,(H,28,32). The van der Waals surface area contributed by atoms with Gasteiger partial charge in [0.25, 0.3) is 0 Å². The average Bonchev–Trinajstić information content (AvgIpc) is 3.36. The van der Waals surface area contributed by atoms with Gasteiger partial charge in [-0.05, 0) is 68.7 Å². The minimum Gasteiger partial charge on any atom is -0.486 e. The summed E-state index contributed by atoms with van der Waals surface area (Å²) >= 11 is 0. The van der Waals surface area contributed by atoms with Crippen LogP contribution in [0.15, 0.2) is 54.7 Å². The van der Waals surface area contributed by atoms with Gasteiger partial charge < -0.3 is 29.2 Å². The van der Waals surface area contributed by atoms with E-state index in [-0.39, 0.29) is 11.6 Å². The Morgan fingerprint density at radius 3 is 2.59 bits per heavy atom. The van der Waals surface area contributed by atoms with Gasteiger partial charge in [-0.1, -0.05) is 6.07 Å². The zero-order chi connectivity index (χ0) is 23.3.